The van der Waals surface area contributed by atoms with Crippen molar-refractivity contribution >= 4 is 5.91 Å². The molecule has 1 unspecified atom stereocenters. The van der Waals surface area contributed by atoms with Gasteiger partial charge in [-0.2, -0.15) is 5.10 Å². The summed E-state index contributed by atoms with van der Waals surface area (Å²) in [6, 6.07) is 8.36. The number of aromatic nitrogens is 2. The Kier molecular flexibility index (Phi) is 5.65. The van der Waals surface area contributed by atoms with Gasteiger partial charge in [-0.05, 0) is 50.2 Å². The van der Waals surface area contributed by atoms with Crippen molar-refractivity contribution in [3.8, 4) is 0 Å². The van der Waals surface area contributed by atoms with Crippen LogP contribution >= 0.6 is 0 Å². The minimum absolute atomic E-state index is 0.0968. The van der Waals surface area contributed by atoms with Crippen molar-refractivity contribution in [2.24, 2.45) is 0 Å². The summed E-state index contributed by atoms with van der Waals surface area (Å²) in [5.41, 5.74) is 2.17. The minimum atomic E-state index is -0.269. The molecule has 3 rings (SSSR count). The van der Waals surface area contributed by atoms with E-state index >= 15 is 0 Å². The molecular formula is C21H29FN4O. The van der Waals surface area contributed by atoms with Crippen molar-refractivity contribution < 1.29 is 9.18 Å². The molecule has 6 heteroatoms. The third-order valence-electron chi connectivity index (χ3n) is 4.99. The van der Waals surface area contributed by atoms with E-state index in [2.05, 4.69) is 43.1 Å². The fourth-order valence-electron chi connectivity index (χ4n) is 3.39. The smallest absolute Gasteiger partial charge is 0.269 e. The molecule has 1 aromatic carbocycles. The quantitative estimate of drug-likeness (QED) is 0.897. The van der Waals surface area contributed by atoms with Crippen molar-refractivity contribution in [2.75, 3.05) is 20.1 Å². The van der Waals surface area contributed by atoms with Gasteiger partial charge < -0.3 is 10.2 Å². The monoisotopic (exact) mass is 372 g/mol. The molecule has 1 aliphatic heterocycles. The highest BCUT2D eigenvalue weighted by molar-refractivity contribution is 5.93. The Hall–Kier alpha value is -2.21. The zero-order valence-corrected chi connectivity index (χ0v) is 16.6. The number of carbonyl (C=O) groups excluding carboxylic acids is 1. The van der Waals surface area contributed by atoms with Crippen LogP contribution in [-0.4, -0.2) is 46.8 Å². The number of likely N-dealkylation sites (tertiary alicyclic amines) is 1. The Morgan fingerprint density at radius 2 is 2.00 bits per heavy atom. The second-order valence-electron chi connectivity index (χ2n) is 8.52. The SMILES string of the molecule is CN1CCCC(NC(=O)c2cc(C(C)(C)C)nn2Cc2ccc(F)cc2)C1. The van der Waals surface area contributed by atoms with Gasteiger partial charge in [-0.25, -0.2) is 4.39 Å². The van der Waals surface area contributed by atoms with Gasteiger partial charge in [0.1, 0.15) is 11.5 Å². The fraction of sp³-hybridized carbons (Fsp3) is 0.524. The number of nitrogens with one attached hydrogen (secondary N) is 1. The van der Waals surface area contributed by atoms with Crippen molar-refractivity contribution in [3.63, 3.8) is 0 Å². The van der Waals surface area contributed by atoms with Crippen LogP contribution in [0.2, 0.25) is 0 Å². The summed E-state index contributed by atoms with van der Waals surface area (Å²) in [5, 5.41) is 7.84. The molecule has 1 amide bonds. The maximum Gasteiger partial charge on any atom is 0.269 e. The summed E-state index contributed by atoms with van der Waals surface area (Å²) in [5.74, 6) is -0.366. The third kappa shape index (κ3) is 4.95. The van der Waals surface area contributed by atoms with E-state index in [0.29, 0.717) is 12.2 Å². The first kappa shape index (κ1) is 19.5. The Morgan fingerprint density at radius 3 is 2.63 bits per heavy atom. The lowest BCUT2D eigenvalue weighted by atomic mass is 9.92. The Bertz CT molecular complexity index is 792. The van der Waals surface area contributed by atoms with Crippen molar-refractivity contribution in [1.29, 1.82) is 0 Å². The lowest BCUT2D eigenvalue weighted by Gasteiger charge is -2.30. The first-order valence-electron chi connectivity index (χ1n) is 9.54. The molecule has 1 fully saturated rings. The van der Waals surface area contributed by atoms with Gasteiger partial charge in [0, 0.05) is 18.0 Å². The van der Waals surface area contributed by atoms with Gasteiger partial charge in [-0.15, -0.1) is 0 Å². The second kappa shape index (κ2) is 7.80. The number of halogens is 1. The molecule has 0 bridgehead atoms. The molecule has 1 atom stereocenters. The number of carbonyl (C=O) groups is 1. The molecule has 0 radical (unpaired) electrons. The van der Waals surface area contributed by atoms with Crippen LogP contribution in [0.5, 0.6) is 0 Å². The van der Waals surface area contributed by atoms with E-state index in [1.807, 2.05) is 6.07 Å². The first-order valence-corrected chi connectivity index (χ1v) is 9.54. The summed E-state index contributed by atoms with van der Waals surface area (Å²) in [4.78, 5) is 15.2. The number of likely N-dealkylation sites (N-methyl/N-ethyl adjacent to an activating group) is 1. The van der Waals surface area contributed by atoms with Gasteiger partial charge in [-0.1, -0.05) is 32.9 Å². The Balaban J connectivity index is 1.84. The zero-order valence-electron chi connectivity index (χ0n) is 16.6. The van der Waals surface area contributed by atoms with Crippen molar-refractivity contribution in [3.05, 3.63) is 53.1 Å². The Morgan fingerprint density at radius 1 is 1.30 bits per heavy atom. The van der Waals surface area contributed by atoms with E-state index in [1.54, 1.807) is 16.8 Å². The number of rotatable bonds is 4. The van der Waals surface area contributed by atoms with Crippen LogP contribution in [0.25, 0.3) is 0 Å². The van der Waals surface area contributed by atoms with E-state index in [-0.39, 0.29) is 23.2 Å². The summed E-state index contributed by atoms with van der Waals surface area (Å²) in [6.07, 6.45) is 2.08. The highest BCUT2D eigenvalue weighted by Crippen LogP contribution is 2.23. The third-order valence-corrected chi connectivity index (χ3v) is 4.99. The molecule has 2 aromatic rings. The zero-order chi connectivity index (χ0) is 19.6. The van der Waals surface area contributed by atoms with Gasteiger partial charge in [0.15, 0.2) is 0 Å². The summed E-state index contributed by atoms with van der Waals surface area (Å²) < 4.78 is 14.9. The van der Waals surface area contributed by atoms with Crippen LogP contribution in [0.1, 0.15) is 55.4 Å². The highest BCUT2D eigenvalue weighted by atomic mass is 19.1. The number of benzene rings is 1. The van der Waals surface area contributed by atoms with E-state index in [1.165, 1.54) is 12.1 Å². The van der Waals surface area contributed by atoms with E-state index < -0.39 is 0 Å². The fourth-order valence-corrected chi connectivity index (χ4v) is 3.39. The van der Waals surface area contributed by atoms with Crippen LogP contribution in [0, 0.1) is 5.82 Å². The van der Waals surface area contributed by atoms with Gasteiger partial charge in [0.25, 0.3) is 5.91 Å². The van der Waals surface area contributed by atoms with E-state index in [9.17, 15) is 9.18 Å². The maximum absolute atomic E-state index is 13.2. The summed E-state index contributed by atoms with van der Waals surface area (Å²) in [6.45, 7) is 8.61. The van der Waals surface area contributed by atoms with Crippen LogP contribution in [0.15, 0.2) is 30.3 Å². The van der Waals surface area contributed by atoms with Crippen molar-refractivity contribution in [1.82, 2.24) is 20.0 Å². The largest absolute Gasteiger partial charge is 0.347 e. The number of piperidine rings is 1. The molecule has 1 aliphatic rings. The average Bonchev–Trinajstić information content (AvgIpc) is 3.01. The lowest BCUT2D eigenvalue weighted by molar-refractivity contribution is 0.0902. The molecule has 1 aromatic heterocycles. The molecule has 1 N–H and O–H groups in total. The number of amides is 1. The maximum atomic E-state index is 13.2. The van der Waals surface area contributed by atoms with Gasteiger partial charge in [-0.3, -0.25) is 9.48 Å². The topological polar surface area (TPSA) is 50.2 Å². The molecular weight excluding hydrogens is 343 g/mol. The molecule has 0 saturated carbocycles. The van der Waals surface area contributed by atoms with Crippen LogP contribution < -0.4 is 5.32 Å². The van der Waals surface area contributed by atoms with Crippen LogP contribution in [-0.2, 0) is 12.0 Å². The molecule has 2 heterocycles. The highest BCUT2D eigenvalue weighted by Gasteiger charge is 2.25. The van der Waals surface area contributed by atoms with Gasteiger partial charge in [0.05, 0.1) is 12.2 Å². The van der Waals surface area contributed by atoms with Gasteiger partial charge in [0.2, 0.25) is 0 Å². The first-order chi connectivity index (χ1) is 12.7. The second-order valence-corrected chi connectivity index (χ2v) is 8.52. The molecule has 146 valence electrons. The van der Waals surface area contributed by atoms with E-state index in [4.69, 9.17) is 0 Å². The predicted octanol–water partition coefficient (Wildman–Crippen LogP) is 3.19. The number of hydrogen-bond acceptors (Lipinski definition) is 3. The standard InChI is InChI=1S/C21H29FN4O/c1-21(2,3)19-12-18(20(27)23-17-6-5-11-25(4)14-17)26(24-19)13-15-7-9-16(22)10-8-15/h7-10,12,17H,5-6,11,13-14H2,1-4H3,(H,23,27). The minimum Gasteiger partial charge on any atom is -0.347 e. The van der Waals surface area contributed by atoms with Crippen molar-refractivity contribution in [2.45, 2.75) is 51.6 Å². The Labute approximate surface area is 160 Å². The summed E-state index contributed by atoms with van der Waals surface area (Å²) >= 11 is 0. The van der Waals surface area contributed by atoms with Crippen LogP contribution in [0.4, 0.5) is 4.39 Å². The lowest BCUT2D eigenvalue weighted by Crippen LogP contribution is -2.46. The molecule has 0 spiro atoms. The van der Waals surface area contributed by atoms with Gasteiger partial charge >= 0.3 is 0 Å². The summed E-state index contributed by atoms with van der Waals surface area (Å²) in [7, 11) is 2.08. The predicted molar refractivity (Wildman–Crippen MR) is 104 cm³/mol. The number of hydrogen-bond donors (Lipinski definition) is 1. The molecule has 27 heavy (non-hydrogen) atoms. The average molecular weight is 372 g/mol. The molecule has 1 saturated heterocycles. The van der Waals surface area contributed by atoms with Crippen LogP contribution in [0.3, 0.4) is 0 Å². The normalized spacial score (nSPS) is 18.5. The number of nitrogens with zero attached hydrogens (tertiary/aromatic N) is 3. The molecule has 5 nitrogen and oxygen atoms in total. The molecule has 0 aliphatic carbocycles. The van der Waals surface area contributed by atoms with E-state index in [0.717, 1.165) is 37.2 Å².